The first-order chi connectivity index (χ1) is 10.6. The molecule has 22 heavy (non-hydrogen) atoms. The predicted molar refractivity (Wildman–Crippen MR) is 89.9 cm³/mol. The first kappa shape index (κ1) is 16.4. The summed E-state index contributed by atoms with van der Waals surface area (Å²) < 4.78 is 10.5. The molecule has 1 atom stereocenters. The molecule has 0 aromatic heterocycles. The van der Waals surface area contributed by atoms with Gasteiger partial charge in [-0.2, -0.15) is 0 Å². The largest absolute Gasteiger partial charge is 0.497 e. The second kappa shape index (κ2) is 7.89. The Morgan fingerprint density at radius 1 is 1.41 bits per heavy atom. The van der Waals surface area contributed by atoms with Crippen molar-refractivity contribution in [3.8, 4) is 11.5 Å². The van der Waals surface area contributed by atoms with Crippen molar-refractivity contribution in [1.82, 2.24) is 4.90 Å². The van der Waals surface area contributed by atoms with Crippen LogP contribution in [-0.2, 0) is 0 Å². The summed E-state index contributed by atoms with van der Waals surface area (Å²) in [5.74, 6) is 2.42. The molecule has 0 spiro atoms. The van der Waals surface area contributed by atoms with Crippen molar-refractivity contribution in [3.63, 3.8) is 0 Å². The van der Waals surface area contributed by atoms with Gasteiger partial charge in [-0.25, -0.2) is 0 Å². The van der Waals surface area contributed by atoms with Gasteiger partial charge in [-0.3, -0.25) is 4.99 Å². The summed E-state index contributed by atoms with van der Waals surface area (Å²) in [6, 6.07) is 5.52. The molecule has 0 amide bonds. The molecule has 1 aliphatic heterocycles. The summed E-state index contributed by atoms with van der Waals surface area (Å²) in [7, 11) is 5.40. The number of piperidine rings is 1. The fourth-order valence-corrected chi connectivity index (χ4v) is 2.74. The molecule has 0 bridgehead atoms. The molecule has 0 saturated carbocycles. The molecule has 1 fully saturated rings. The summed E-state index contributed by atoms with van der Waals surface area (Å²) in [6.45, 7) is 3.00. The summed E-state index contributed by atoms with van der Waals surface area (Å²) in [5.41, 5.74) is 6.76. The molecule has 3 N–H and O–H groups in total. The van der Waals surface area contributed by atoms with E-state index >= 15 is 0 Å². The Labute approximate surface area is 132 Å². The zero-order chi connectivity index (χ0) is 15.9. The average Bonchev–Trinajstić information content (AvgIpc) is 2.53. The molecule has 1 saturated heterocycles. The number of rotatable bonds is 5. The van der Waals surface area contributed by atoms with E-state index in [9.17, 15) is 0 Å². The van der Waals surface area contributed by atoms with Crippen LogP contribution in [0.4, 0.5) is 5.69 Å². The van der Waals surface area contributed by atoms with Gasteiger partial charge >= 0.3 is 0 Å². The maximum Gasteiger partial charge on any atom is 0.193 e. The minimum atomic E-state index is 0.403. The van der Waals surface area contributed by atoms with Crippen molar-refractivity contribution in [2.75, 3.05) is 46.2 Å². The van der Waals surface area contributed by atoms with Crippen molar-refractivity contribution in [3.05, 3.63) is 18.2 Å². The lowest BCUT2D eigenvalue weighted by Gasteiger charge is -2.28. The van der Waals surface area contributed by atoms with Gasteiger partial charge in [0.1, 0.15) is 11.5 Å². The van der Waals surface area contributed by atoms with Gasteiger partial charge in [-0.05, 0) is 44.5 Å². The molecule has 6 nitrogen and oxygen atoms in total. The van der Waals surface area contributed by atoms with Gasteiger partial charge in [0.05, 0.1) is 19.9 Å². The molecule has 122 valence electrons. The second-order valence-electron chi connectivity index (χ2n) is 5.69. The van der Waals surface area contributed by atoms with Gasteiger partial charge in [0.25, 0.3) is 0 Å². The number of aliphatic imine (C=N–C) groups is 1. The lowest BCUT2D eigenvalue weighted by Crippen LogP contribution is -2.34. The van der Waals surface area contributed by atoms with E-state index in [-0.39, 0.29) is 0 Å². The van der Waals surface area contributed by atoms with E-state index in [1.807, 2.05) is 18.2 Å². The topological polar surface area (TPSA) is 72.1 Å². The maximum atomic E-state index is 6.00. The third-order valence-electron chi connectivity index (χ3n) is 3.91. The van der Waals surface area contributed by atoms with Gasteiger partial charge in [0.2, 0.25) is 0 Å². The minimum Gasteiger partial charge on any atom is -0.497 e. The number of hydrogen-bond acceptors (Lipinski definition) is 4. The Hall–Kier alpha value is -1.95. The zero-order valence-electron chi connectivity index (χ0n) is 13.6. The molecule has 1 aromatic rings. The van der Waals surface area contributed by atoms with E-state index in [1.54, 1.807) is 14.2 Å². The number of benzene rings is 1. The van der Waals surface area contributed by atoms with Crippen LogP contribution in [0.15, 0.2) is 23.2 Å². The average molecular weight is 306 g/mol. The lowest BCUT2D eigenvalue weighted by atomic mass is 9.99. The Kier molecular flexibility index (Phi) is 5.89. The zero-order valence-corrected chi connectivity index (χ0v) is 13.6. The third kappa shape index (κ3) is 4.53. The Morgan fingerprint density at radius 2 is 2.23 bits per heavy atom. The molecule has 0 aliphatic carbocycles. The van der Waals surface area contributed by atoms with Crippen LogP contribution in [0.5, 0.6) is 11.5 Å². The van der Waals surface area contributed by atoms with Crippen LogP contribution < -0.4 is 20.5 Å². The van der Waals surface area contributed by atoms with E-state index < -0.39 is 0 Å². The van der Waals surface area contributed by atoms with E-state index in [1.165, 1.54) is 19.4 Å². The first-order valence-electron chi connectivity index (χ1n) is 7.60. The standard InChI is InChI=1S/C16H26N4O2/c1-20-8-4-5-12(11-20)10-18-16(17)19-14-9-13(21-2)6-7-15(14)22-3/h6-7,9,12H,4-5,8,10-11H2,1-3H3,(H3,17,18,19). The van der Waals surface area contributed by atoms with Crippen LogP contribution in [0.25, 0.3) is 0 Å². The van der Waals surface area contributed by atoms with Crippen LogP contribution in [0.1, 0.15) is 12.8 Å². The first-order valence-corrected chi connectivity index (χ1v) is 7.60. The number of methoxy groups -OCH3 is 2. The van der Waals surface area contributed by atoms with E-state index in [2.05, 4.69) is 22.3 Å². The summed E-state index contributed by atoms with van der Waals surface area (Å²) in [5, 5.41) is 3.10. The number of guanidine groups is 1. The van der Waals surface area contributed by atoms with Gasteiger partial charge in [0, 0.05) is 19.2 Å². The molecular formula is C16H26N4O2. The SMILES string of the molecule is COc1ccc(OC)c(NC(N)=NCC2CCCN(C)C2)c1. The van der Waals surface area contributed by atoms with Gasteiger partial charge in [0.15, 0.2) is 5.96 Å². The lowest BCUT2D eigenvalue weighted by molar-refractivity contribution is 0.214. The number of nitrogens with two attached hydrogens (primary N) is 1. The molecule has 0 radical (unpaired) electrons. The van der Waals surface area contributed by atoms with Gasteiger partial charge in [-0.15, -0.1) is 0 Å². The fraction of sp³-hybridized carbons (Fsp3) is 0.562. The molecule has 1 aliphatic rings. The monoisotopic (exact) mass is 306 g/mol. The highest BCUT2D eigenvalue weighted by molar-refractivity contribution is 5.94. The van der Waals surface area contributed by atoms with Crippen molar-refractivity contribution in [2.24, 2.45) is 16.6 Å². The van der Waals surface area contributed by atoms with Crippen molar-refractivity contribution in [2.45, 2.75) is 12.8 Å². The second-order valence-corrected chi connectivity index (χ2v) is 5.69. The van der Waals surface area contributed by atoms with Gasteiger partial charge in [-0.1, -0.05) is 0 Å². The number of nitrogens with zero attached hydrogens (tertiary/aromatic N) is 2. The number of anilines is 1. The number of nitrogens with one attached hydrogen (secondary N) is 1. The molecule has 6 heteroatoms. The highest BCUT2D eigenvalue weighted by Gasteiger charge is 2.16. The molecule has 2 rings (SSSR count). The molecule has 1 heterocycles. The smallest absolute Gasteiger partial charge is 0.193 e. The third-order valence-corrected chi connectivity index (χ3v) is 3.91. The predicted octanol–water partition coefficient (Wildman–Crippen LogP) is 1.77. The summed E-state index contributed by atoms with van der Waals surface area (Å²) in [4.78, 5) is 6.81. The highest BCUT2D eigenvalue weighted by atomic mass is 16.5. The van der Waals surface area contributed by atoms with Crippen LogP contribution >= 0.6 is 0 Å². The van der Waals surface area contributed by atoms with Gasteiger partial charge < -0.3 is 25.4 Å². The van der Waals surface area contributed by atoms with Crippen molar-refractivity contribution < 1.29 is 9.47 Å². The summed E-state index contributed by atoms with van der Waals surface area (Å²) in [6.07, 6.45) is 2.44. The fourth-order valence-electron chi connectivity index (χ4n) is 2.74. The highest BCUT2D eigenvalue weighted by Crippen LogP contribution is 2.28. The van der Waals surface area contributed by atoms with E-state index in [0.29, 0.717) is 17.6 Å². The number of ether oxygens (including phenoxy) is 2. The van der Waals surface area contributed by atoms with E-state index in [0.717, 1.165) is 24.5 Å². The van der Waals surface area contributed by atoms with Crippen LogP contribution in [0.2, 0.25) is 0 Å². The quantitative estimate of drug-likeness (QED) is 0.641. The number of likely N-dealkylation sites (tertiary alicyclic amines) is 1. The molecule has 1 aromatic carbocycles. The van der Waals surface area contributed by atoms with Crippen molar-refractivity contribution in [1.29, 1.82) is 0 Å². The van der Waals surface area contributed by atoms with Crippen molar-refractivity contribution >= 4 is 11.6 Å². The van der Waals surface area contributed by atoms with Crippen LogP contribution in [0, 0.1) is 5.92 Å². The molecule has 1 unspecified atom stereocenters. The van der Waals surface area contributed by atoms with E-state index in [4.69, 9.17) is 15.2 Å². The maximum absolute atomic E-state index is 6.00. The Balaban J connectivity index is 1.98. The molecular weight excluding hydrogens is 280 g/mol. The summed E-state index contributed by atoms with van der Waals surface area (Å²) >= 11 is 0. The van der Waals surface area contributed by atoms with Crippen LogP contribution in [0.3, 0.4) is 0 Å². The normalized spacial score (nSPS) is 19.8. The number of hydrogen-bond donors (Lipinski definition) is 2. The Bertz CT molecular complexity index is 519. The minimum absolute atomic E-state index is 0.403. The Morgan fingerprint density at radius 3 is 2.91 bits per heavy atom. The van der Waals surface area contributed by atoms with Crippen LogP contribution in [-0.4, -0.2) is 51.8 Å².